The molecule has 0 fully saturated rings. The fraction of sp³-hybridized carbons (Fsp3) is 0.400. The smallest absolute Gasteiger partial charge is 0.239 e. The summed E-state index contributed by atoms with van der Waals surface area (Å²) >= 11 is 3.25. The van der Waals surface area contributed by atoms with Crippen LogP contribution in [0.2, 0.25) is 0 Å². The Morgan fingerprint density at radius 2 is 1.62 bits per heavy atom. The van der Waals surface area contributed by atoms with Crippen molar-refractivity contribution in [1.82, 2.24) is 10.3 Å². The Morgan fingerprint density at radius 3 is 2.06 bits per heavy atom. The molecule has 0 saturated carbocycles. The lowest BCUT2D eigenvalue weighted by Gasteiger charge is -2.20. The molecular weight excluding hydrogens is 292 g/mol. The third-order valence-electron chi connectivity index (χ3n) is 1.68. The average Bonchev–Trinajstić information content (AvgIpc) is 2.15. The van der Waals surface area contributed by atoms with Crippen molar-refractivity contribution >= 4 is 26.0 Å². The second-order valence-electron chi connectivity index (χ2n) is 4.43. The molecule has 0 heterocycles. The quantitative estimate of drug-likeness (QED) is 0.840. The molecule has 6 heteroatoms. The Balaban J connectivity index is 2.83. The summed E-state index contributed by atoms with van der Waals surface area (Å²) in [6.07, 6.45) is 0. The van der Waals surface area contributed by atoms with E-state index in [-0.39, 0.29) is 10.4 Å². The van der Waals surface area contributed by atoms with Crippen LogP contribution in [0.5, 0.6) is 0 Å². The predicted molar refractivity (Wildman–Crippen MR) is 67.4 cm³/mol. The maximum absolute atomic E-state index is 11.8. The summed E-state index contributed by atoms with van der Waals surface area (Å²) < 4.78 is 24.4. The number of hydrogen-bond donors (Lipinski definition) is 2. The molecule has 0 bridgehead atoms. The predicted octanol–water partition coefficient (Wildman–Crippen LogP) is 2.03. The van der Waals surface area contributed by atoms with Crippen LogP contribution >= 0.6 is 15.9 Å². The van der Waals surface area contributed by atoms with E-state index >= 15 is 0 Å². The summed E-state index contributed by atoms with van der Waals surface area (Å²) in [5, 5.41) is 0. The zero-order chi connectivity index (χ0) is 12.4. The number of benzene rings is 1. The lowest BCUT2D eigenvalue weighted by Crippen LogP contribution is -2.48. The van der Waals surface area contributed by atoms with E-state index in [0.29, 0.717) is 0 Å². The molecule has 0 amide bonds. The number of rotatable bonds is 3. The number of sulfonamides is 1. The molecule has 0 aromatic heterocycles. The lowest BCUT2D eigenvalue weighted by atomic mass is 10.1. The summed E-state index contributed by atoms with van der Waals surface area (Å²) in [5.74, 6) is 0. The van der Waals surface area contributed by atoms with Gasteiger partial charge in [-0.1, -0.05) is 15.9 Å². The Kier molecular flexibility index (Phi) is 4.12. The van der Waals surface area contributed by atoms with Crippen LogP contribution < -0.4 is 10.3 Å². The van der Waals surface area contributed by atoms with Gasteiger partial charge in [0.2, 0.25) is 0 Å². The molecule has 0 aliphatic carbocycles. The largest absolute Gasteiger partial charge is 0.253 e. The van der Waals surface area contributed by atoms with E-state index in [4.69, 9.17) is 0 Å². The summed E-state index contributed by atoms with van der Waals surface area (Å²) in [5.41, 5.74) is 2.41. The van der Waals surface area contributed by atoms with Crippen LogP contribution in [0.1, 0.15) is 20.8 Å². The van der Waals surface area contributed by atoms with Crippen LogP contribution in [0, 0.1) is 0 Å². The standard InChI is InChI=1S/C10H15BrN2O2S/c1-10(2,3)12-13-16(14,15)9-6-4-8(11)5-7-9/h4-7,12-13H,1-3H3. The van der Waals surface area contributed by atoms with Gasteiger partial charge in [-0.25, -0.2) is 13.8 Å². The molecular formula is C10H15BrN2O2S. The van der Waals surface area contributed by atoms with Gasteiger partial charge in [0.15, 0.2) is 0 Å². The van der Waals surface area contributed by atoms with Gasteiger partial charge in [-0.15, -0.1) is 4.83 Å². The van der Waals surface area contributed by atoms with E-state index in [1.54, 1.807) is 12.1 Å². The van der Waals surface area contributed by atoms with E-state index in [1.807, 2.05) is 20.8 Å². The van der Waals surface area contributed by atoms with Crippen LogP contribution in [0.15, 0.2) is 33.6 Å². The molecule has 0 radical (unpaired) electrons. The Labute approximate surface area is 105 Å². The molecule has 1 aromatic carbocycles. The third-order valence-corrected chi connectivity index (χ3v) is 3.48. The highest BCUT2D eigenvalue weighted by molar-refractivity contribution is 9.10. The van der Waals surface area contributed by atoms with Gasteiger partial charge in [0, 0.05) is 10.0 Å². The van der Waals surface area contributed by atoms with E-state index in [2.05, 4.69) is 26.2 Å². The van der Waals surface area contributed by atoms with Crippen molar-refractivity contribution in [2.45, 2.75) is 31.2 Å². The van der Waals surface area contributed by atoms with Crippen LogP contribution in [0.4, 0.5) is 0 Å². The molecule has 16 heavy (non-hydrogen) atoms. The number of hydrazine groups is 1. The molecule has 90 valence electrons. The molecule has 0 aliphatic rings. The fourth-order valence-corrected chi connectivity index (χ4v) is 2.21. The Morgan fingerprint density at radius 1 is 1.12 bits per heavy atom. The van der Waals surface area contributed by atoms with Gasteiger partial charge in [0.1, 0.15) is 0 Å². The summed E-state index contributed by atoms with van der Waals surface area (Å²) in [7, 11) is -3.49. The van der Waals surface area contributed by atoms with Crippen molar-refractivity contribution in [3.8, 4) is 0 Å². The van der Waals surface area contributed by atoms with Gasteiger partial charge in [0.25, 0.3) is 10.0 Å². The van der Waals surface area contributed by atoms with Crippen LogP contribution in [0.3, 0.4) is 0 Å². The maximum Gasteiger partial charge on any atom is 0.253 e. The second kappa shape index (κ2) is 4.83. The Hall–Kier alpha value is -0.430. The summed E-state index contributed by atoms with van der Waals surface area (Å²) in [6.45, 7) is 5.62. The second-order valence-corrected chi connectivity index (χ2v) is 7.03. The Bertz CT molecular complexity index is 449. The van der Waals surface area contributed by atoms with Gasteiger partial charge in [-0.05, 0) is 45.0 Å². The first-order valence-electron chi connectivity index (χ1n) is 4.75. The monoisotopic (exact) mass is 306 g/mol. The van der Waals surface area contributed by atoms with Crippen LogP contribution in [-0.2, 0) is 10.0 Å². The molecule has 0 saturated heterocycles. The zero-order valence-corrected chi connectivity index (χ0v) is 11.8. The van der Waals surface area contributed by atoms with Crippen molar-refractivity contribution in [2.75, 3.05) is 0 Å². The molecule has 0 aliphatic heterocycles. The van der Waals surface area contributed by atoms with Gasteiger partial charge >= 0.3 is 0 Å². The normalized spacial score (nSPS) is 12.8. The molecule has 0 atom stereocenters. The first-order valence-corrected chi connectivity index (χ1v) is 7.03. The molecule has 0 unspecified atom stereocenters. The van der Waals surface area contributed by atoms with Crippen molar-refractivity contribution in [3.05, 3.63) is 28.7 Å². The summed E-state index contributed by atoms with van der Waals surface area (Å²) in [6, 6.07) is 6.45. The molecule has 1 aromatic rings. The highest BCUT2D eigenvalue weighted by atomic mass is 79.9. The van der Waals surface area contributed by atoms with E-state index < -0.39 is 10.0 Å². The number of nitrogens with one attached hydrogen (secondary N) is 2. The minimum Gasteiger partial charge on any atom is -0.239 e. The van der Waals surface area contributed by atoms with Crippen molar-refractivity contribution < 1.29 is 8.42 Å². The highest BCUT2D eigenvalue weighted by Gasteiger charge is 2.17. The highest BCUT2D eigenvalue weighted by Crippen LogP contribution is 2.14. The third kappa shape index (κ3) is 4.21. The van der Waals surface area contributed by atoms with Crippen LogP contribution in [-0.4, -0.2) is 14.0 Å². The molecule has 2 N–H and O–H groups in total. The zero-order valence-electron chi connectivity index (χ0n) is 9.41. The van der Waals surface area contributed by atoms with E-state index in [0.717, 1.165) is 4.47 Å². The molecule has 1 rings (SSSR count). The van der Waals surface area contributed by atoms with E-state index in [9.17, 15) is 8.42 Å². The van der Waals surface area contributed by atoms with Gasteiger partial charge in [0.05, 0.1) is 4.90 Å². The van der Waals surface area contributed by atoms with Crippen LogP contribution in [0.25, 0.3) is 0 Å². The van der Waals surface area contributed by atoms with Crippen molar-refractivity contribution in [2.24, 2.45) is 0 Å². The van der Waals surface area contributed by atoms with Crippen molar-refractivity contribution in [1.29, 1.82) is 0 Å². The van der Waals surface area contributed by atoms with Gasteiger partial charge < -0.3 is 0 Å². The lowest BCUT2D eigenvalue weighted by molar-refractivity contribution is 0.402. The maximum atomic E-state index is 11.8. The summed E-state index contributed by atoms with van der Waals surface area (Å²) in [4.78, 5) is 2.57. The minimum atomic E-state index is -3.49. The average molecular weight is 307 g/mol. The molecule has 0 spiro atoms. The number of hydrogen-bond acceptors (Lipinski definition) is 3. The molecule has 4 nitrogen and oxygen atoms in total. The first-order chi connectivity index (χ1) is 7.21. The van der Waals surface area contributed by atoms with Crippen molar-refractivity contribution in [3.63, 3.8) is 0 Å². The topological polar surface area (TPSA) is 58.2 Å². The van der Waals surface area contributed by atoms with Gasteiger partial charge in [-0.2, -0.15) is 0 Å². The fourth-order valence-electron chi connectivity index (χ4n) is 0.893. The SMILES string of the molecule is CC(C)(C)NNS(=O)(=O)c1ccc(Br)cc1. The first kappa shape index (κ1) is 13.6. The minimum absolute atomic E-state index is 0.229. The van der Waals surface area contributed by atoms with Gasteiger partial charge in [-0.3, -0.25) is 0 Å². The van der Waals surface area contributed by atoms with E-state index in [1.165, 1.54) is 12.1 Å². The number of halogens is 1.